The van der Waals surface area contributed by atoms with Gasteiger partial charge < -0.3 is 36.6 Å². The summed E-state index contributed by atoms with van der Waals surface area (Å²) in [6.07, 6.45) is -0.415. The molecule has 0 radical (unpaired) electrons. The number of nitrogens with zero attached hydrogens (tertiary/aromatic N) is 1. The molecule has 0 spiro atoms. The van der Waals surface area contributed by atoms with Crippen molar-refractivity contribution in [3.05, 3.63) is 0 Å². The van der Waals surface area contributed by atoms with E-state index in [2.05, 4.69) is 10.6 Å². The lowest BCUT2D eigenvalue weighted by molar-refractivity contribution is -0.145. The predicted molar refractivity (Wildman–Crippen MR) is 88.6 cm³/mol. The van der Waals surface area contributed by atoms with Crippen molar-refractivity contribution in [3.8, 4) is 0 Å². The van der Waals surface area contributed by atoms with Gasteiger partial charge in [-0.1, -0.05) is 0 Å². The molecular formula is C15H26N4O7. The number of nitrogens with one attached hydrogen (secondary N) is 2. The van der Waals surface area contributed by atoms with Crippen LogP contribution in [0.2, 0.25) is 0 Å². The van der Waals surface area contributed by atoms with E-state index in [1.165, 1.54) is 18.7 Å². The van der Waals surface area contributed by atoms with Crippen molar-refractivity contribution < 1.29 is 34.5 Å². The Hall–Kier alpha value is -2.24. The molecule has 0 aliphatic carbocycles. The Morgan fingerprint density at radius 3 is 2.35 bits per heavy atom. The van der Waals surface area contributed by atoms with Gasteiger partial charge in [-0.15, -0.1) is 0 Å². The molecule has 0 bridgehead atoms. The summed E-state index contributed by atoms with van der Waals surface area (Å²) in [5.74, 6) is -3.32. The smallest absolute Gasteiger partial charge is 0.325 e. The van der Waals surface area contributed by atoms with Gasteiger partial charge >= 0.3 is 5.97 Å². The fraction of sp³-hybridized carbons (Fsp3) is 0.733. The lowest BCUT2D eigenvalue weighted by Crippen LogP contribution is -2.59. The number of amides is 3. The van der Waals surface area contributed by atoms with Crippen LogP contribution in [-0.2, 0) is 19.2 Å². The van der Waals surface area contributed by atoms with Crippen LogP contribution in [0, 0.1) is 0 Å². The maximum absolute atomic E-state index is 12.7. The summed E-state index contributed by atoms with van der Waals surface area (Å²) in [6, 6.07) is -4.60. The number of aliphatic hydroxyl groups is 2. The molecule has 1 fully saturated rings. The molecule has 1 rings (SSSR count). The van der Waals surface area contributed by atoms with Crippen LogP contribution in [0.3, 0.4) is 0 Å². The van der Waals surface area contributed by atoms with E-state index in [1.807, 2.05) is 0 Å². The Kier molecular flexibility index (Phi) is 7.93. The van der Waals surface area contributed by atoms with Crippen LogP contribution >= 0.6 is 0 Å². The van der Waals surface area contributed by atoms with Gasteiger partial charge in [0, 0.05) is 6.54 Å². The number of carboxylic acids is 1. The number of carboxylic acid groups (broad SMARTS) is 1. The van der Waals surface area contributed by atoms with Crippen LogP contribution < -0.4 is 16.4 Å². The molecular weight excluding hydrogens is 348 g/mol. The molecule has 0 aromatic heterocycles. The summed E-state index contributed by atoms with van der Waals surface area (Å²) in [6.45, 7) is 2.19. The van der Waals surface area contributed by atoms with Crippen LogP contribution in [0.25, 0.3) is 0 Å². The number of aliphatic hydroxyl groups excluding tert-OH is 2. The second-order valence-corrected chi connectivity index (χ2v) is 6.27. The summed E-state index contributed by atoms with van der Waals surface area (Å²) >= 11 is 0. The van der Waals surface area contributed by atoms with Gasteiger partial charge in [-0.3, -0.25) is 19.2 Å². The Labute approximate surface area is 150 Å². The third kappa shape index (κ3) is 5.38. The van der Waals surface area contributed by atoms with Gasteiger partial charge in [-0.25, -0.2) is 0 Å². The van der Waals surface area contributed by atoms with Gasteiger partial charge in [0.2, 0.25) is 17.7 Å². The van der Waals surface area contributed by atoms with E-state index in [0.717, 1.165) is 0 Å². The number of hydrogen-bond acceptors (Lipinski definition) is 7. The number of nitrogens with two attached hydrogens (primary N) is 1. The first kappa shape index (κ1) is 21.8. The van der Waals surface area contributed by atoms with Crippen molar-refractivity contribution in [3.63, 3.8) is 0 Å². The molecule has 7 N–H and O–H groups in total. The molecule has 11 heteroatoms. The van der Waals surface area contributed by atoms with E-state index in [4.69, 9.17) is 15.9 Å². The number of hydrogen-bond donors (Lipinski definition) is 6. The highest BCUT2D eigenvalue weighted by atomic mass is 16.4. The molecule has 0 saturated carbocycles. The van der Waals surface area contributed by atoms with Crippen molar-refractivity contribution in [1.82, 2.24) is 15.5 Å². The van der Waals surface area contributed by atoms with Crippen LogP contribution in [0.5, 0.6) is 0 Å². The molecule has 11 nitrogen and oxygen atoms in total. The summed E-state index contributed by atoms with van der Waals surface area (Å²) in [4.78, 5) is 48.9. The molecule has 5 unspecified atom stereocenters. The number of carbonyl (C=O) groups is 4. The minimum Gasteiger partial charge on any atom is -0.480 e. The summed E-state index contributed by atoms with van der Waals surface area (Å²) in [7, 11) is 0. The Morgan fingerprint density at radius 2 is 1.85 bits per heavy atom. The van der Waals surface area contributed by atoms with E-state index in [0.29, 0.717) is 12.8 Å². The van der Waals surface area contributed by atoms with Gasteiger partial charge in [0.15, 0.2) is 0 Å². The summed E-state index contributed by atoms with van der Waals surface area (Å²) in [5.41, 5.74) is 5.39. The molecule has 5 atom stereocenters. The standard InChI is InChI=1S/C15H26N4O7/c1-7(15(25)26)17-13(23)10-4-3-5-19(10)14(24)11(8(2)21)18-12(22)9(16)6-20/h7-11,20-21H,3-6,16H2,1-2H3,(H,17,23)(H,18,22)(H,25,26). The van der Waals surface area contributed by atoms with Crippen molar-refractivity contribution in [2.45, 2.75) is 57.0 Å². The third-order valence-electron chi connectivity index (χ3n) is 4.15. The van der Waals surface area contributed by atoms with Gasteiger partial charge in [0.1, 0.15) is 24.2 Å². The second-order valence-electron chi connectivity index (χ2n) is 6.27. The molecule has 148 valence electrons. The topological polar surface area (TPSA) is 182 Å². The average molecular weight is 374 g/mol. The van der Waals surface area contributed by atoms with Gasteiger partial charge in [0.25, 0.3) is 0 Å². The second kappa shape index (κ2) is 9.46. The van der Waals surface area contributed by atoms with Crippen molar-refractivity contribution >= 4 is 23.7 Å². The molecule has 3 amide bonds. The zero-order valence-corrected chi connectivity index (χ0v) is 14.7. The molecule has 1 heterocycles. The van der Waals surface area contributed by atoms with E-state index < -0.39 is 60.6 Å². The molecule has 1 aliphatic heterocycles. The Balaban J connectivity index is 2.87. The molecule has 1 aliphatic rings. The fourth-order valence-corrected chi connectivity index (χ4v) is 2.58. The average Bonchev–Trinajstić information content (AvgIpc) is 3.07. The van der Waals surface area contributed by atoms with Crippen molar-refractivity contribution in [1.29, 1.82) is 0 Å². The number of carbonyl (C=O) groups excluding carboxylic acids is 3. The number of likely N-dealkylation sites (tertiary alicyclic amines) is 1. The number of rotatable bonds is 8. The first-order valence-electron chi connectivity index (χ1n) is 8.28. The Bertz CT molecular complexity index is 554. The van der Waals surface area contributed by atoms with Crippen LogP contribution in [0.1, 0.15) is 26.7 Å². The largest absolute Gasteiger partial charge is 0.480 e. The lowest BCUT2D eigenvalue weighted by atomic mass is 10.1. The monoisotopic (exact) mass is 374 g/mol. The maximum atomic E-state index is 12.7. The third-order valence-corrected chi connectivity index (χ3v) is 4.15. The highest BCUT2D eigenvalue weighted by molar-refractivity contribution is 5.94. The number of aliphatic carboxylic acids is 1. The van der Waals surface area contributed by atoms with Crippen LogP contribution in [0.15, 0.2) is 0 Å². The van der Waals surface area contributed by atoms with E-state index in [1.54, 1.807) is 0 Å². The zero-order valence-electron chi connectivity index (χ0n) is 14.7. The zero-order chi connectivity index (χ0) is 20.0. The SMILES string of the molecule is CC(NC(=O)C1CCCN1C(=O)C(NC(=O)C(N)CO)C(C)O)C(=O)O. The van der Waals surface area contributed by atoms with E-state index in [9.17, 15) is 24.3 Å². The first-order chi connectivity index (χ1) is 12.1. The van der Waals surface area contributed by atoms with Crippen LogP contribution in [-0.4, -0.2) is 87.3 Å². The quantitative estimate of drug-likeness (QED) is 0.256. The lowest BCUT2D eigenvalue weighted by Gasteiger charge is -2.30. The minimum absolute atomic E-state index is 0.226. The highest BCUT2D eigenvalue weighted by Crippen LogP contribution is 2.19. The maximum Gasteiger partial charge on any atom is 0.325 e. The Morgan fingerprint density at radius 1 is 1.23 bits per heavy atom. The van der Waals surface area contributed by atoms with Gasteiger partial charge in [-0.2, -0.15) is 0 Å². The normalized spacial score (nSPS) is 21.4. The minimum atomic E-state index is -1.34. The molecule has 0 aromatic rings. The summed E-state index contributed by atoms with van der Waals surface area (Å²) < 4.78 is 0. The van der Waals surface area contributed by atoms with Gasteiger partial charge in [0.05, 0.1) is 12.7 Å². The van der Waals surface area contributed by atoms with Crippen LogP contribution in [0.4, 0.5) is 0 Å². The first-order valence-corrected chi connectivity index (χ1v) is 8.28. The predicted octanol–water partition coefficient (Wildman–Crippen LogP) is -3.25. The molecule has 0 aromatic carbocycles. The van der Waals surface area contributed by atoms with Crippen molar-refractivity contribution in [2.24, 2.45) is 5.73 Å². The van der Waals surface area contributed by atoms with Crippen molar-refractivity contribution in [2.75, 3.05) is 13.2 Å². The van der Waals surface area contributed by atoms with E-state index >= 15 is 0 Å². The highest BCUT2D eigenvalue weighted by Gasteiger charge is 2.40. The molecule has 1 saturated heterocycles. The van der Waals surface area contributed by atoms with Gasteiger partial charge in [-0.05, 0) is 26.7 Å². The molecule has 26 heavy (non-hydrogen) atoms. The summed E-state index contributed by atoms with van der Waals surface area (Å²) in [5, 5.41) is 32.2. The fourth-order valence-electron chi connectivity index (χ4n) is 2.58. The van der Waals surface area contributed by atoms with E-state index in [-0.39, 0.29) is 6.54 Å².